The van der Waals surface area contributed by atoms with Crippen molar-refractivity contribution in [2.45, 2.75) is 13.0 Å². The van der Waals surface area contributed by atoms with Crippen molar-refractivity contribution in [2.24, 2.45) is 5.73 Å². The Morgan fingerprint density at radius 3 is 2.50 bits per heavy atom. The predicted octanol–water partition coefficient (Wildman–Crippen LogP) is 1.69. The molecule has 3 heteroatoms. The molecular formula is C13H20N2O. The first kappa shape index (κ1) is 12.7. The molecule has 0 fully saturated rings. The molecule has 3 nitrogen and oxygen atoms in total. The molecule has 0 saturated carbocycles. The zero-order chi connectivity index (χ0) is 12.0. The highest BCUT2D eigenvalue weighted by Gasteiger charge is 2.04. The van der Waals surface area contributed by atoms with Crippen LogP contribution in [0.15, 0.2) is 36.9 Å². The SMILES string of the molecule is C=CCN(CCO)c1ccc(C(C)N)cc1. The normalized spacial score (nSPS) is 12.2. The van der Waals surface area contributed by atoms with Crippen molar-refractivity contribution in [3.8, 4) is 0 Å². The third-order valence-corrected chi connectivity index (χ3v) is 2.50. The van der Waals surface area contributed by atoms with Gasteiger partial charge in [-0.05, 0) is 24.6 Å². The van der Waals surface area contributed by atoms with E-state index in [4.69, 9.17) is 10.8 Å². The molecular weight excluding hydrogens is 200 g/mol. The maximum atomic E-state index is 8.97. The number of aliphatic hydroxyl groups is 1. The van der Waals surface area contributed by atoms with Crippen molar-refractivity contribution < 1.29 is 5.11 Å². The molecule has 1 atom stereocenters. The topological polar surface area (TPSA) is 49.5 Å². The molecule has 0 aromatic heterocycles. The molecule has 0 spiro atoms. The molecule has 0 aliphatic rings. The average Bonchev–Trinajstić information content (AvgIpc) is 2.29. The number of aliphatic hydroxyl groups excluding tert-OH is 1. The van der Waals surface area contributed by atoms with E-state index >= 15 is 0 Å². The number of anilines is 1. The number of nitrogens with zero attached hydrogens (tertiary/aromatic N) is 1. The smallest absolute Gasteiger partial charge is 0.0606 e. The molecule has 0 aliphatic carbocycles. The van der Waals surface area contributed by atoms with Gasteiger partial charge in [-0.3, -0.25) is 0 Å². The maximum Gasteiger partial charge on any atom is 0.0606 e. The monoisotopic (exact) mass is 220 g/mol. The summed E-state index contributed by atoms with van der Waals surface area (Å²) < 4.78 is 0. The van der Waals surface area contributed by atoms with Crippen LogP contribution in [0, 0.1) is 0 Å². The predicted molar refractivity (Wildman–Crippen MR) is 68.5 cm³/mol. The molecule has 0 saturated heterocycles. The number of nitrogens with two attached hydrogens (primary N) is 1. The Kier molecular flexibility index (Phi) is 5.02. The Labute approximate surface area is 97.2 Å². The fourth-order valence-corrected chi connectivity index (χ4v) is 1.59. The third kappa shape index (κ3) is 3.36. The van der Waals surface area contributed by atoms with E-state index in [1.165, 1.54) is 0 Å². The first-order chi connectivity index (χ1) is 7.69. The molecule has 0 aliphatic heterocycles. The molecule has 1 rings (SSSR count). The molecule has 3 N–H and O–H groups in total. The van der Waals surface area contributed by atoms with Gasteiger partial charge in [0.2, 0.25) is 0 Å². The Morgan fingerprint density at radius 1 is 1.44 bits per heavy atom. The first-order valence-corrected chi connectivity index (χ1v) is 5.51. The van der Waals surface area contributed by atoms with Gasteiger partial charge in [-0.1, -0.05) is 18.2 Å². The lowest BCUT2D eigenvalue weighted by atomic mass is 10.1. The van der Waals surface area contributed by atoms with Gasteiger partial charge in [-0.25, -0.2) is 0 Å². The summed E-state index contributed by atoms with van der Waals surface area (Å²) in [5, 5.41) is 8.97. The van der Waals surface area contributed by atoms with E-state index in [1.807, 2.05) is 37.3 Å². The molecule has 0 bridgehead atoms. The fraction of sp³-hybridized carbons (Fsp3) is 0.385. The highest BCUT2D eigenvalue weighted by atomic mass is 16.3. The van der Waals surface area contributed by atoms with Crippen LogP contribution >= 0.6 is 0 Å². The van der Waals surface area contributed by atoms with Gasteiger partial charge in [0.05, 0.1) is 6.61 Å². The van der Waals surface area contributed by atoms with Gasteiger partial charge in [0, 0.05) is 24.8 Å². The molecule has 88 valence electrons. The van der Waals surface area contributed by atoms with Gasteiger partial charge in [0.25, 0.3) is 0 Å². The van der Waals surface area contributed by atoms with Crippen LogP contribution < -0.4 is 10.6 Å². The van der Waals surface area contributed by atoms with Crippen LogP contribution in [0.4, 0.5) is 5.69 Å². The molecule has 1 aromatic rings. The van der Waals surface area contributed by atoms with Gasteiger partial charge >= 0.3 is 0 Å². The molecule has 16 heavy (non-hydrogen) atoms. The van der Waals surface area contributed by atoms with Crippen molar-refractivity contribution in [3.05, 3.63) is 42.5 Å². The minimum absolute atomic E-state index is 0.0553. The second kappa shape index (κ2) is 6.30. The van der Waals surface area contributed by atoms with Gasteiger partial charge in [-0.2, -0.15) is 0 Å². The summed E-state index contributed by atoms with van der Waals surface area (Å²) in [7, 11) is 0. The van der Waals surface area contributed by atoms with Crippen molar-refractivity contribution in [2.75, 3.05) is 24.6 Å². The lowest BCUT2D eigenvalue weighted by molar-refractivity contribution is 0.303. The zero-order valence-corrected chi connectivity index (χ0v) is 9.76. The lowest BCUT2D eigenvalue weighted by Gasteiger charge is -2.22. The number of hydrogen-bond donors (Lipinski definition) is 2. The summed E-state index contributed by atoms with van der Waals surface area (Å²) >= 11 is 0. The van der Waals surface area contributed by atoms with Crippen LogP contribution in [0.25, 0.3) is 0 Å². The maximum absolute atomic E-state index is 8.97. The molecule has 0 radical (unpaired) electrons. The molecule has 1 aromatic carbocycles. The summed E-state index contributed by atoms with van der Waals surface area (Å²) in [4.78, 5) is 2.07. The van der Waals surface area contributed by atoms with Crippen molar-refractivity contribution in [1.82, 2.24) is 0 Å². The van der Waals surface area contributed by atoms with Crippen molar-refractivity contribution >= 4 is 5.69 Å². The van der Waals surface area contributed by atoms with Crippen molar-refractivity contribution in [1.29, 1.82) is 0 Å². The van der Waals surface area contributed by atoms with Crippen LogP contribution in [0.1, 0.15) is 18.5 Å². The van der Waals surface area contributed by atoms with Crippen molar-refractivity contribution in [3.63, 3.8) is 0 Å². The van der Waals surface area contributed by atoms with E-state index in [-0.39, 0.29) is 12.6 Å². The van der Waals surface area contributed by atoms with E-state index in [1.54, 1.807) is 0 Å². The summed E-state index contributed by atoms with van der Waals surface area (Å²) in [5.74, 6) is 0. The van der Waals surface area contributed by atoms with Crippen LogP contribution in [-0.2, 0) is 0 Å². The van der Waals surface area contributed by atoms with Crippen LogP contribution in [0.5, 0.6) is 0 Å². The second-order valence-corrected chi connectivity index (χ2v) is 3.84. The molecule has 1 unspecified atom stereocenters. The Hall–Kier alpha value is -1.32. The Morgan fingerprint density at radius 2 is 2.06 bits per heavy atom. The van der Waals surface area contributed by atoms with Crippen LogP contribution in [0.2, 0.25) is 0 Å². The van der Waals surface area contributed by atoms with E-state index in [9.17, 15) is 0 Å². The van der Waals surface area contributed by atoms with Gasteiger partial charge < -0.3 is 15.7 Å². The van der Waals surface area contributed by atoms with E-state index < -0.39 is 0 Å². The molecule has 0 heterocycles. The fourth-order valence-electron chi connectivity index (χ4n) is 1.59. The highest BCUT2D eigenvalue weighted by Crippen LogP contribution is 2.17. The lowest BCUT2D eigenvalue weighted by Crippen LogP contribution is -2.26. The van der Waals surface area contributed by atoms with E-state index in [2.05, 4.69) is 11.5 Å². The number of hydrogen-bond acceptors (Lipinski definition) is 3. The van der Waals surface area contributed by atoms with E-state index in [0.29, 0.717) is 6.54 Å². The Bertz CT molecular complexity index is 319. The second-order valence-electron chi connectivity index (χ2n) is 3.84. The first-order valence-electron chi connectivity index (χ1n) is 5.51. The molecule has 0 amide bonds. The summed E-state index contributed by atoms with van der Waals surface area (Å²) in [6.45, 7) is 7.16. The third-order valence-electron chi connectivity index (χ3n) is 2.50. The van der Waals surface area contributed by atoms with Gasteiger partial charge in [0.1, 0.15) is 0 Å². The highest BCUT2D eigenvalue weighted by molar-refractivity contribution is 5.48. The van der Waals surface area contributed by atoms with Crippen LogP contribution in [-0.4, -0.2) is 24.8 Å². The Balaban J connectivity index is 2.80. The quantitative estimate of drug-likeness (QED) is 0.717. The summed E-state index contributed by atoms with van der Waals surface area (Å²) in [5.41, 5.74) is 7.99. The minimum atomic E-state index is 0.0553. The number of rotatable bonds is 6. The van der Waals surface area contributed by atoms with Gasteiger partial charge in [0.15, 0.2) is 0 Å². The van der Waals surface area contributed by atoms with Crippen LogP contribution in [0.3, 0.4) is 0 Å². The summed E-state index contributed by atoms with van der Waals surface area (Å²) in [6.07, 6.45) is 1.83. The van der Waals surface area contributed by atoms with E-state index in [0.717, 1.165) is 17.8 Å². The average molecular weight is 220 g/mol. The van der Waals surface area contributed by atoms with Gasteiger partial charge in [-0.15, -0.1) is 6.58 Å². The minimum Gasteiger partial charge on any atom is -0.395 e. The zero-order valence-electron chi connectivity index (χ0n) is 9.76. The number of benzene rings is 1. The largest absolute Gasteiger partial charge is 0.395 e. The standard InChI is InChI=1S/C13H20N2O/c1-3-8-15(9-10-16)13-6-4-12(5-7-13)11(2)14/h3-7,11,16H,1,8-10,14H2,2H3. The summed E-state index contributed by atoms with van der Waals surface area (Å²) in [6, 6.07) is 8.15.